The van der Waals surface area contributed by atoms with Crippen LogP contribution in [0, 0.1) is 0 Å². The van der Waals surface area contributed by atoms with Gasteiger partial charge in [0, 0.05) is 13.2 Å². The largest absolute Gasteiger partial charge is 0.466 e. The quantitative estimate of drug-likeness (QED) is 0.625. The molecular weight excluding hydrogens is 252 g/mol. The number of nitrogens with one attached hydrogen (secondary N) is 3. The molecule has 2 heterocycles. The maximum absolute atomic E-state index is 12.1. The van der Waals surface area contributed by atoms with Gasteiger partial charge >= 0.3 is 11.7 Å². The molecule has 0 radical (unpaired) electrons. The number of carbonyl (C=O) groups is 1. The third-order valence-corrected chi connectivity index (χ3v) is 2.71. The highest BCUT2D eigenvalue weighted by atomic mass is 16.5. The second-order valence-corrected chi connectivity index (χ2v) is 3.97. The lowest BCUT2D eigenvalue weighted by Gasteiger charge is -2.19. The molecule has 0 fully saturated rings. The Kier molecular flexibility index (Phi) is 3.41. The van der Waals surface area contributed by atoms with Crippen LogP contribution in [0.25, 0.3) is 5.57 Å². The molecule has 0 amide bonds. The van der Waals surface area contributed by atoms with E-state index in [0.29, 0.717) is 5.57 Å². The Bertz CT molecular complexity index is 656. The zero-order valence-corrected chi connectivity index (χ0v) is 10.6. The van der Waals surface area contributed by atoms with Gasteiger partial charge in [-0.15, -0.1) is 0 Å². The Labute approximate surface area is 108 Å². The van der Waals surface area contributed by atoms with Crippen molar-refractivity contribution in [3.63, 3.8) is 0 Å². The number of aromatic nitrogens is 2. The van der Waals surface area contributed by atoms with Crippen molar-refractivity contribution in [2.45, 2.75) is 13.3 Å². The van der Waals surface area contributed by atoms with Gasteiger partial charge in [-0.05, 0) is 12.5 Å². The molecule has 1 aliphatic heterocycles. The number of esters is 1. The summed E-state index contributed by atoms with van der Waals surface area (Å²) in [5, 5.41) is 0. The van der Waals surface area contributed by atoms with Crippen LogP contribution >= 0.6 is 0 Å². The fourth-order valence-electron chi connectivity index (χ4n) is 1.79. The SMILES string of the molecule is CCOC(=O)CC1=CNNc2[nH]c(=O)n(C)c(=O)c21. The molecule has 0 saturated heterocycles. The van der Waals surface area contributed by atoms with Crippen LogP contribution in [-0.4, -0.2) is 22.1 Å². The van der Waals surface area contributed by atoms with E-state index in [1.807, 2.05) is 0 Å². The molecule has 19 heavy (non-hydrogen) atoms. The van der Waals surface area contributed by atoms with Crippen molar-refractivity contribution >= 4 is 17.4 Å². The standard InChI is InChI=1S/C11H14N4O4/c1-3-19-7(16)4-6-5-12-14-9-8(6)10(17)15(2)11(18)13-9/h5,12,14H,3-4H2,1-2H3,(H,13,18). The van der Waals surface area contributed by atoms with Crippen LogP contribution in [0.15, 0.2) is 15.8 Å². The number of rotatable bonds is 3. The van der Waals surface area contributed by atoms with Gasteiger partial charge in [0.1, 0.15) is 5.82 Å². The van der Waals surface area contributed by atoms with E-state index in [1.54, 1.807) is 6.92 Å². The summed E-state index contributed by atoms with van der Waals surface area (Å²) in [6.07, 6.45) is 1.45. The van der Waals surface area contributed by atoms with Crippen molar-refractivity contribution in [1.29, 1.82) is 0 Å². The fraction of sp³-hybridized carbons (Fsp3) is 0.364. The predicted molar refractivity (Wildman–Crippen MR) is 68.3 cm³/mol. The van der Waals surface area contributed by atoms with E-state index in [0.717, 1.165) is 4.57 Å². The van der Waals surface area contributed by atoms with E-state index in [-0.39, 0.29) is 24.4 Å². The summed E-state index contributed by atoms with van der Waals surface area (Å²) in [5.74, 6) is -0.188. The van der Waals surface area contributed by atoms with E-state index in [1.165, 1.54) is 13.2 Å². The van der Waals surface area contributed by atoms with Gasteiger partial charge in [-0.3, -0.25) is 24.6 Å². The Morgan fingerprint density at radius 2 is 2.16 bits per heavy atom. The first kappa shape index (κ1) is 12.9. The van der Waals surface area contributed by atoms with Crippen LogP contribution < -0.4 is 22.1 Å². The molecular formula is C11H14N4O4. The molecule has 1 aromatic heterocycles. The predicted octanol–water partition coefficient (Wildman–Crippen LogP) is -0.702. The summed E-state index contributed by atoms with van der Waals surface area (Å²) in [7, 11) is 1.37. The normalized spacial score (nSPS) is 12.8. The number of hydrogen-bond acceptors (Lipinski definition) is 6. The average Bonchev–Trinajstić information content (AvgIpc) is 2.36. The second-order valence-electron chi connectivity index (χ2n) is 3.97. The van der Waals surface area contributed by atoms with Crippen LogP contribution in [0.5, 0.6) is 0 Å². The van der Waals surface area contributed by atoms with Crippen LogP contribution in [0.3, 0.4) is 0 Å². The lowest BCUT2D eigenvalue weighted by atomic mass is 10.1. The van der Waals surface area contributed by atoms with Gasteiger partial charge in [-0.1, -0.05) is 0 Å². The molecule has 0 atom stereocenters. The molecule has 1 aromatic rings. The molecule has 0 bridgehead atoms. The smallest absolute Gasteiger partial charge is 0.329 e. The fourth-order valence-corrected chi connectivity index (χ4v) is 1.79. The molecule has 0 aliphatic carbocycles. The van der Waals surface area contributed by atoms with Gasteiger partial charge in [0.25, 0.3) is 5.56 Å². The minimum Gasteiger partial charge on any atom is -0.466 e. The first-order chi connectivity index (χ1) is 9.04. The minimum atomic E-state index is -0.532. The summed E-state index contributed by atoms with van der Waals surface area (Å²) in [6.45, 7) is 1.98. The maximum atomic E-state index is 12.1. The lowest BCUT2D eigenvalue weighted by Crippen LogP contribution is -2.39. The third-order valence-electron chi connectivity index (χ3n) is 2.71. The number of hydrazine groups is 1. The van der Waals surface area contributed by atoms with Crippen LogP contribution in [0.4, 0.5) is 5.82 Å². The van der Waals surface area contributed by atoms with E-state index in [9.17, 15) is 14.4 Å². The average molecular weight is 266 g/mol. The van der Waals surface area contributed by atoms with Gasteiger partial charge in [0.15, 0.2) is 0 Å². The summed E-state index contributed by atoms with van der Waals surface area (Å²) in [5.41, 5.74) is 5.05. The highest BCUT2D eigenvalue weighted by Gasteiger charge is 2.21. The number of nitrogens with zero attached hydrogens (tertiary/aromatic N) is 1. The number of carbonyl (C=O) groups excluding carboxylic acids is 1. The van der Waals surface area contributed by atoms with Gasteiger partial charge < -0.3 is 10.2 Å². The molecule has 2 rings (SSSR count). The first-order valence-electron chi connectivity index (χ1n) is 5.74. The Morgan fingerprint density at radius 1 is 1.42 bits per heavy atom. The van der Waals surface area contributed by atoms with Crippen molar-refractivity contribution in [3.05, 3.63) is 32.6 Å². The van der Waals surface area contributed by atoms with Crippen molar-refractivity contribution in [2.75, 3.05) is 12.0 Å². The highest BCUT2D eigenvalue weighted by Crippen LogP contribution is 2.22. The first-order valence-corrected chi connectivity index (χ1v) is 5.74. The summed E-state index contributed by atoms with van der Waals surface area (Å²) in [4.78, 5) is 37.5. The summed E-state index contributed by atoms with van der Waals surface area (Å²) in [6, 6.07) is 0. The Hall–Kier alpha value is -2.51. The zero-order valence-electron chi connectivity index (χ0n) is 10.6. The van der Waals surface area contributed by atoms with Crippen LogP contribution in [0.2, 0.25) is 0 Å². The number of ether oxygens (including phenoxy) is 1. The second kappa shape index (κ2) is 5.01. The van der Waals surface area contributed by atoms with Crippen LogP contribution in [0.1, 0.15) is 18.9 Å². The van der Waals surface area contributed by atoms with Crippen LogP contribution in [-0.2, 0) is 16.6 Å². The number of aromatic amines is 1. The summed E-state index contributed by atoms with van der Waals surface area (Å²) < 4.78 is 5.79. The number of fused-ring (bicyclic) bond motifs is 1. The topological polar surface area (TPSA) is 105 Å². The molecule has 8 nitrogen and oxygen atoms in total. The highest BCUT2D eigenvalue weighted by molar-refractivity contribution is 5.88. The van der Waals surface area contributed by atoms with Gasteiger partial charge in [-0.25, -0.2) is 4.79 Å². The lowest BCUT2D eigenvalue weighted by molar-refractivity contribution is -0.141. The maximum Gasteiger partial charge on any atom is 0.329 e. The summed E-state index contributed by atoms with van der Waals surface area (Å²) >= 11 is 0. The van der Waals surface area contributed by atoms with E-state index < -0.39 is 17.2 Å². The molecule has 102 valence electrons. The number of anilines is 1. The minimum absolute atomic E-state index is 0.0448. The number of H-pyrrole nitrogens is 1. The molecule has 8 heteroatoms. The molecule has 0 saturated carbocycles. The van der Waals surface area contributed by atoms with E-state index >= 15 is 0 Å². The molecule has 3 N–H and O–H groups in total. The molecule has 0 unspecified atom stereocenters. The molecule has 1 aliphatic rings. The van der Waals surface area contributed by atoms with E-state index in [2.05, 4.69) is 15.8 Å². The monoisotopic (exact) mass is 266 g/mol. The molecule has 0 spiro atoms. The zero-order chi connectivity index (χ0) is 14.0. The van der Waals surface area contributed by atoms with Gasteiger partial charge in [-0.2, -0.15) is 0 Å². The van der Waals surface area contributed by atoms with Crippen molar-refractivity contribution in [2.24, 2.45) is 7.05 Å². The molecule has 0 aromatic carbocycles. The number of hydrogen-bond donors (Lipinski definition) is 3. The van der Waals surface area contributed by atoms with Crippen molar-refractivity contribution in [3.8, 4) is 0 Å². The Balaban J connectivity index is 2.45. The Morgan fingerprint density at radius 3 is 2.84 bits per heavy atom. The van der Waals surface area contributed by atoms with Crippen molar-refractivity contribution < 1.29 is 9.53 Å². The van der Waals surface area contributed by atoms with Crippen molar-refractivity contribution in [1.82, 2.24) is 15.0 Å². The van der Waals surface area contributed by atoms with Gasteiger partial charge in [0.05, 0.1) is 18.6 Å². The third kappa shape index (κ3) is 2.37. The van der Waals surface area contributed by atoms with E-state index in [4.69, 9.17) is 4.74 Å². The van der Waals surface area contributed by atoms with Gasteiger partial charge in [0.2, 0.25) is 0 Å².